The maximum Gasteiger partial charge on any atom is 0.308 e. The molecule has 2 heterocycles. The van der Waals surface area contributed by atoms with E-state index >= 15 is 0 Å². The molecule has 1 aliphatic rings. The van der Waals surface area contributed by atoms with Crippen LogP contribution in [0.25, 0.3) is 0 Å². The van der Waals surface area contributed by atoms with Gasteiger partial charge in [0.2, 0.25) is 5.91 Å². The number of aliphatic hydroxyl groups is 1. The second-order valence-corrected chi connectivity index (χ2v) is 4.93. The molecule has 1 aliphatic heterocycles. The quantitative estimate of drug-likeness (QED) is 0.767. The summed E-state index contributed by atoms with van der Waals surface area (Å²) in [6, 6.07) is 2.93. The van der Waals surface area contributed by atoms with Crippen LogP contribution >= 0.6 is 0 Å². The van der Waals surface area contributed by atoms with E-state index in [4.69, 9.17) is 9.52 Å². The molecule has 2 unspecified atom stereocenters. The summed E-state index contributed by atoms with van der Waals surface area (Å²) in [4.78, 5) is 24.6. The summed E-state index contributed by atoms with van der Waals surface area (Å²) in [6.45, 7) is 3.29. The van der Waals surface area contributed by atoms with E-state index < -0.39 is 30.0 Å². The van der Waals surface area contributed by atoms with Gasteiger partial charge in [0.05, 0.1) is 36.8 Å². The number of hydrogen-bond acceptors (Lipinski definition) is 4. The van der Waals surface area contributed by atoms with Gasteiger partial charge in [-0.2, -0.15) is 0 Å². The predicted octanol–water partition coefficient (Wildman–Crippen LogP) is 0.708. The van der Waals surface area contributed by atoms with Crippen LogP contribution in [-0.4, -0.2) is 39.1 Å². The lowest BCUT2D eigenvalue weighted by Crippen LogP contribution is -2.66. The Hall–Kier alpha value is -1.82. The molecule has 1 aromatic heterocycles. The first-order valence-corrected chi connectivity index (χ1v) is 6.17. The van der Waals surface area contributed by atoms with Crippen molar-refractivity contribution in [2.75, 3.05) is 0 Å². The van der Waals surface area contributed by atoms with Crippen molar-refractivity contribution in [1.82, 2.24) is 4.90 Å². The van der Waals surface area contributed by atoms with Gasteiger partial charge in [0.25, 0.3) is 0 Å². The third-order valence-electron chi connectivity index (χ3n) is 3.62. The lowest BCUT2D eigenvalue weighted by molar-refractivity contribution is -0.174. The number of nitrogens with zero attached hydrogens (tertiary/aromatic N) is 1. The summed E-state index contributed by atoms with van der Waals surface area (Å²) in [7, 11) is 0. The number of carbonyl (C=O) groups is 2. The Labute approximate surface area is 110 Å². The third-order valence-corrected chi connectivity index (χ3v) is 3.62. The Morgan fingerprint density at radius 3 is 2.68 bits per heavy atom. The van der Waals surface area contributed by atoms with E-state index in [1.54, 1.807) is 19.1 Å². The molecule has 4 atom stereocenters. The van der Waals surface area contributed by atoms with Crippen LogP contribution in [0, 0.1) is 11.8 Å². The second-order valence-electron chi connectivity index (χ2n) is 4.93. The highest BCUT2D eigenvalue weighted by atomic mass is 16.4. The van der Waals surface area contributed by atoms with Crippen LogP contribution in [0.2, 0.25) is 0 Å². The SMILES string of the molecule is CC(O)[C@@H]1C(=O)N(Cc2ccco2)[C@H]1C(C)C(=O)O. The van der Waals surface area contributed by atoms with E-state index in [2.05, 4.69) is 0 Å². The molecule has 2 rings (SSSR count). The Kier molecular flexibility index (Phi) is 3.61. The van der Waals surface area contributed by atoms with Crippen LogP contribution in [0.15, 0.2) is 22.8 Å². The topological polar surface area (TPSA) is 91.0 Å². The predicted molar refractivity (Wildman–Crippen MR) is 65.0 cm³/mol. The molecule has 0 radical (unpaired) electrons. The second kappa shape index (κ2) is 5.05. The van der Waals surface area contributed by atoms with E-state index in [-0.39, 0.29) is 12.5 Å². The van der Waals surface area contributed by atoms with Crippen LogP contribution in [0.3, 0.4) is 0 Å². The van der Waals surface area contributed by atoms with Gasteiger partial charge in [-0.3, -0.25) is 9.59 Å². The number of likely N-dealkylation sites (tertiary alicyclic amines) is 1. The number of rotatable bonds is 5. The summed E-state index contributed by atoms with van der Waals surface area (Å²) in [5.41, 5.74) is 0. The Morgan fingerprint density at radius 2 is 2.21 bits per heavy atom. The summed E-state index contributed by atoms with van der Waals surface area (Å²) in [5.74, 6) is -1.99. The molecule has 2 N–H and O–H groups in total. The smallest absolute Gasteiger partial charge is 0.308 e. The molecule has 0 aromatic carbocycles. The molecule has 1 aromatic rings. The molecule has 1 amide bonds. The molecule has 19 heavy (non-hydrogen) atoms. The summed E-state index contributed by atoms with van der Waals surface area (Å²) < 4.78 is 5.17. The lowest BCUT2D eigenvalue weighted by atomic mass is 9.76. The van der Waals surface area contributed by atoms with Gasteiger partial charge < -0.3 is 19.5 Å². The zero-order valence-corrected chi connectivity index (χ0v) is 10.8. The van der Waals surface area contributed by atoms with Gasteiger partial charge in [0, 0.05) is 0 Å². The number of aliphatic carboxylic acids is 1. The number of furan rings is 1. The van der Waals surface area contributed by atoms with Crippen molar-refractivity contribution in [3.63, 3.8) is 0 Å². The van der Waals surface area contributed by atoms with Crippen molar-refractivity contribution >= 4 is 11.9 Å². The highest BCUT2D eigenvalue weighted by Gasteiger charge is 2.53. The van der Waals surface area contributed by atoms with E-state index in [9.17, 15) is 14.7 Å². The average molecular weight is 267 g/mol. The molecule has 6 heteroatoms. The number of amides is 1. The molecular weight excluding hydrogens is 250 g/mol. The molecule has 6 nitrogen and oxygen atoms in total. The van der Waals surface area contributed by atoms with Gasteiger partial charge in [-0.1, -0.05) is 0 Å². The minimum atomic E-state index is -0.979. The van der Waals surface area contributed by atoms with Gasteiger partial charge in [0.1, 0.15) is 5.76 Å². The fourth-order valence-corrected chi connectivity index (χ4v) is 2.57. The van der Waals surface area contributed by atoms with E-state index in [1.165, 1.54) is 18.1 Å². The number of carboxylic acid groups (broad SMARTS) is 1. The molecular formula is C13H17NO5. The number of β-lactam (4-membered cyclic amide) rings is 1. The zero-order chi connectivity index (χ0) is 14.2. The number of carboxylic acids is 1. The highest BCUT2D eigenvalue weighted by molar-refractivity contribution is 5.88. The third kappa shape index (κ3) is 2.35. The minimum absolute atomic E-state index is 0.232. The van der Waals surface area contributed by atoms with Gasteiger partial charge in [0.15, 0.2) is 0 Å². The largest absolute Gasteiger partial charge is 0.481 e. The van der Waals surface area contributed by atoms with Crippen LogP contribution in [0.5, 0.6) is 0 Å². The van der Waals surface area contributed by atoms with E-state index in [0.29, 0.717) is 5.76 Å². The van der Waals surface area contributed by atoms with E-state index in [0.717, 1.165) is 0 Å². The maximum absolute atomic E-state index is 12.0. The first-order chi connectivity index (χ1) is 8.93. The zero-order valence-electron chi connectivity index (χ0n) is 10.8. The van der Waals surface area contributed by atoms with Crippen molar-refractivity contribution < 1.29 is 24.2 Å². The van der Waals surface area contributed by atoms with Crippen LogP contribution in [-0.2, 0) is 16.1 Å². The van der Waals surface area contributed by atoms with Crippen LogP contribution in [0.1, 0.15) is 19.6 Å². The van der Waals surface area contributed by atoms with Crippen molar-refractivity contribution in [2.24, 2.45) is 11.8 Å². The first-order valence-electron chi connectivity index (χ1n) is 6.17. The Balaban J connectivity index is 2.17. The van der Waals surface area contributed by atoms with Gasteiger partial charge in [-0.25, -0.2) is 0 Å². The fourth-order valence-electron chi connectivity index (χ4n) is 2.57. The molecule has 0 spiro atoms. The lowest BCUT2D eigenvalue weighted by Gasteiger charge is -2.49. The minimum Gasteiger partial charge on any atom is -0.481 e. The summed E-state index contributed by atoms with van der Waals surface area (Å²) >= 11 is 0. The molecule has 0 aliphatic carbocycles. The average Bonchev–Trinajstić information content (AvgIpc) is 2.83. The van der Waals surface area contributed by atoms with Gasteiger partial charge >= 0.3 is 5.97 Å². The standard InChI is InChI=1S/C13H17NO5/c1-7(13(17)18)11-10(8(2)15)12(16)14(11)6-9-4-3-5-19-9/h3-5,7-8,10-11,15H,6H2,1-2H3,(H,17,18)/t7?,8?,10-,11-/m0/s1. The van der Waals surface area contributed by atoms with Crippen molar-refractivity contribution in [2.45, 2.75) is 32.5 Å². The van der Waals surface area contributed by atoms with Crippen molar-refractivity contribution in [3.05, 3.63) is 24.2 Å². The van der Waals surface area contributed by atoms with Crippen molar-refractivity contribution in [1.29, 1.82) is 0 Å². The monoisotopic (exact) mass is 267 g/mol. The van der Waals surface area contributed by atoms with E-state index in [1.807, 2.05) is 0 Å². The maximum atomic E-state index is 12.0. The molecule has 0 saturated carbocycles. The fraction of sp³-hybridized carbons (Fsp3) is 0.538. The first kappa shape index (κ1) is 13.6. The normalized spacial score (nSPS) is 25.8. The molecule has 104 valence electrons. The summed E-state index contributed by atoms with van der Waals surface area (Å²) in [5, 5.41) is 18.7. The molecule has 0 bridgehead atoms. The Morgan fingerprint density at radius 1 is 1.53 bits per heavy atom. The molecule has 1 fully saturated rings. The number of hydrogen-bond donors (Lipinski definition) is 2. The summed E-state index contributed by atoms with van der Waals surface area (Å²) in [6.07, 6.45) is 0.647. The number of carbonyl (C=O) groups excluding carboxylic acids is 1. The Bertz CT molecular complexity index is 467. The number of aliphatic hydroxyl groups excluding tert-OH is 1. The van der Waals surface area contributed by atoms with Crippen molar-refractivity contribution in [3.8, 4) is 0 Å². The molecule has 1 saturated heterocycles. The van der Waals surface area contributed by atoms with Gasteiger partial charge in [-0.05, 0) is 26.0 Å². The van der Waals surface area contributed by atoms with Gasteiger partial charge in [-0.15, -0.1) is 0 Å². The highest BCUT2D eigenvalue weighted by Crippen LogP contribution is 2.36. The van der Waals surface area contributed by atoms with Crippen LogP contribution < -0.4 is 0 Å². The van der Waals surface area contributed by atoms with Crippen LogP contribution in [0.4, 0.5) is 0 Å².